The van der Waals surface area contributed by atoms with Crippen molar-refractivity contribution < 1.29 is 9.26 Å². The van der Waals surface area contributed by atoms with Crippen LogP contribution in [0.15, 0.2) is 0 Å². The molecule has 1 fully saturated rings. The third-order valence-electron chi connectivity index (χ3n) is 1.66. The zero-order chi connectivity index (χ0) is 7.94. The van der Waals surface area contributed by atoms with E-state index in [1.165, 1.54) is 25.4 Å². The topological polar surface area (TPSA) is 21.8 Å². The van der Waals surface area contributed by atoms with Crippen LogP contribution >= 0.6 is 8.81 Å². The van der Waals surface area contributed by atoms with Gasteiger partial charge < -0.3 is 9.26 Å². The van der Waals surface area contributed by atoms with Crippen LogP contribution in [0.5, 0.6) is 0 Å². The molecule has 0 radical (unpaired) electrons. The summed E-state index contributed by atoms with van der Waals surface area (Å²) in [6.45, 7) is 3.96. The first kappa shape index (κ1) is 9.44. The Bertz CT molecular complexity index is 94.1. The van der Waals surface area contributed by atoms with E-state index in [4.69, 9.17) is 9.26 Å². The number of unbranched alkanes of at least 4 members (excludes halogenated alkanes) is 2. The molecule has 0 aliphatic carbocycles. The average Bonchev–Trinajstić information content (AvgIpc) is 2.80. The summed E-state index contributed by atoms with van der Waals surface area (Å²) in [6, 6.07) is 0. The van der Waals surface area contributed by atoms with E-state index in [9.17, 15) is 0 Å². The van der Waals surface area contributed by atoms with Gasteiger partial charge >= 0.3 is 0 Å². The van der Waals surface area contributed by atoms with Crippen molar-refractivity contribution in [2.75, 3.05) is 19.4 Å². The molecule has 66 valence electrons. The van der Waals surface area contributed by atoms with Crippen molar-refractivity contribution in [1.82, 2.24) is 0 Å². The van der Waals surface area contributed by atoms with Gasteiger partial charge in [0, 0.05) is 8.81 Å². The first-order valence-corrected chi connectivity index (χ1v) is 5.51. The molecule has 1 heterocycles. The van der Waals surface area contributed by atoms with Crippen LogP contribution in [0.1, 0.15) is 26.2 Å². The van der Waals surface area contributed by atoms with Crippen molar-refractivity contribution in [2.45, 2.75) is 32.3 Å². The molecule has 11 heavy (non-hydrogen) atoms. The van der Waals surface area contributed by atoms with Crippen LogP contribution in [0.3, 0.4) is 0 Å². The summed E-state index contributed by atoms with van der Waals surface area (Å²) in [5.74, 6) is 0. The van der Waals surface area contributed by atoms with E-state index in [0.717, 1.165) is 13.2 Å². The van der Waals surface area contributed by atoms with Crippen LogP contribution in [-0.4, -0.2) is 25.5 Å². The van der Waals surface area contributed by atoms with Gasteiger partial charge in [-0.1, -0.05) is 19.8 Å². The first-order valence-electron chi connectivity index (χ1n) is 4.39. The van der Waals surface area contributed by atoms with E-state index in [2.05, 4.69) is 6.92 Å². The van der Waals surface area contributed by atoms with E-state index in [1.807, 2.05) is 0 Å². The molecule has 3 heteroatoms. The van der Waals surface area contributed by atoms with Gasteiger partial charge in [-0.15, -0.1) is 0 Å². The Hall–Kier alpha value is 0.350. The minimum absolute atomic E-state index is 0.439. The highest BCUT2D eigenvalue weighted by molar-refractivity contribution is 7.32. The molecule has 2 atom stereocenters. The molecule has 1 saturated heterocycles. The molecule has 0 saturated carbocycles. The van der Waals surface area contributed by atoms with Gasteiger partial charge in [-0.2, -0.15) is 0 Å². The van der Waals surface area contributed by atoms with Gasteiger partial charge in [-0.25, -0.2) is 0 Å². The van der Waals surface area contributed by atoms with Crippen LogP contribution in [-0.2, 0) is 9.26 Å². The highest BCUT2D eigenvalue weighted by Gasteiger charge is 2.21. The maximum absolute atomic E-state index is 5.41. The molecule has 1 rings (SSSR count). The number of epoxide rings is 1. The van der Waals surface area contributed by atoms with Crippen molar-refractivity contribution in [2.24, 2.45) is 0 Å². The van der Waals surface area contributed by atoms with Gasteiger partial charge in [0.1, 0.15) is 6.10 Å². The maximum atomic E-state index is 5.41. The van der Waals surface area contributed by atoms with E-state index >= 15 is 0 Å². The molecule has 0 aromatic heterocycles. The standard InChI is InChI=1S/C8H17O2P/c1-2-3-4-5-11-10-7-8-6-9-8/h8,11H,2-7H2,1H3. The summed E-state index contributed by atoms with van der Waals surface area (Å²) < 4.78 is 10.4. The molecule has 2 unspecified atom stereocenters. The summed E-state index contributed by atoms with van der Waals surface area (Å²) >= 11 is 0. The molecular weight excluding hydrogens is 159 g/mol. The second-order valence-corrected chi connectivity index (χ2v) is 3.95. The first-order chi connectivity index (χ1) is 5.43. The Balaban J connectivity index is 1.66. The lowest BCUT2D eigenvalue weighted by molar-refractivity contribution is 0.289. The Labute approximate surface area is 70.5 Å². The largest absolute Gasteiger partial charge is 0.371 e. The Morgan fingerprint density at radius 1 is 1.55 bits per heavy atom. The molecule has 0 aromatic carbocycles. The smallest absolute Gasteiger partial charge is 0.105 e. The molecule has 2 nitrogen and oxygen atoms in total. The van der Waals surface area contributed by atoms with Crippen molar-refractivity contribution >= 4 is 8.81 Å². The van der Waals surface area contributed by atoms with Crippen molar-refractivity contribution in [3.05, 3.63) is 0 Å². The summed E-state index contributed by atoms with van der Waals surface area (Å²) in [7, 11) is 0.695. The zero-order valence-corrected chi connectivity index (χ0v) is 8.14. The second kappa shape index (κ2) is 5.93. The van der Waals surface area contributed by atoms with Gasteiger partial charge in [0.05, 0.1) is 13.2 Å². The fourth-order valence-corrected chi connectivity index (χ4v) is 1.68. The molecule has 0 aromatic rings. The van der Waals surface area contributed by atoms with Crippen LogP contribution in [0.25, 0.3) is 0 Å². The van der Waals surface area contributed by atoms with Gasteiger partial charge in [0.15, 0.2) is 0 Å². The van der Waals surface area contributed by atoms with Crippen molar-refractivity contribution in [1.29, 1.82) is 0 Å². The molecule has 1 aliphatic rings. The van der Waals surface area contributed by atoms with Crippen LogP contribution in [0.2, 0.25) is 0 Å². The van der Waals surface area contributed by atoms with E-state index in [-0.39, 0.29) is 0 Å². The quantitative estimate of drug-likeness (QED) is 0.337. The number of hydrogen-bond acceptors (Lipinski definition) is 2. The van der Waals surface area contributed by atoms with E-state index in [1.54, 1.807) is 0 Å². The minimum Gasteiger partial charge on any atom is -0.371 e. The lowest BCUT2D eigenvalue weighted by atomic mass is 10.3. The molecule has 0 N–H and O–H groups in total. The van der Waals surface area contributed by atoms with Crippen molar-refractivity contribution in [3.8, 4) is 0 Å². The predicted octanol–water partition coefficient (Wildman–Crippen LogP) is 2.19. The Morgan fingerprint density at radius 3 is 3.00 bits per heavy atom. The zero-order valence-electron chi connectivity index (χ0n) is 7.14. The number of ether oxygens (including phenoxy) is 1. The van der Waals surface area contributed by atoms with Crippen LogP contribution in [0, 0.1) is 0 Å². The van der Waals surface area contributed by atoms with Crippen molar-refractivity contribution in [3.63, 3.8) is 0 Å². The Kier molecular flexibility index (Phi) is 5.09. The second-order valence-electron chi connectivity index (χ2n) is 2.87. The summed E-state index contributed by atoms with van der Waals surface area (Å²) in [6.07, 6.45) is 5.64. The molecule has 0 amide bonds. The summed E-state index contributed by atoms with van der Waals surface area (Å²) in [5.41, 5.74) is 0. The Morgan fingerprint density at radius 2 is 2.36 bits per heavy atom. The fraction of sp³-hybridized carbons (Fsp3) is 1.00. The predicted molar refractivity (Wildman–Crippen MR) is 48.4 cm³/mol. The lowest BCUT2D eigenvalue weighted by Gasteiger charge is -2.00. The lowest BCUT2D eigenvalue weighted by Crippen LogP contribution is -1.94. The monoisotopic (exact) mass is 176 g/mol. The van der Waals surface area contributed by atoms with Gasteiger partial charge in [-0.3, -0.25) is 0 Å². The van der Waals surface area contributed by atoms with Crippen LogP contribution in [0.4, 0.5) is 0 Å². The van der Waals surface area contributed by atoms with Gasteiger partial charge in [0.2, 0.25) is 0 Å². The molecule has 1 aliphatic heterocycles. The summed E-state index contributed by atoms with van der Waals surface area (Å²) in [5, 5.41) is 0. The highest BCUT2D eigenvalue weighted by atomic mass is 31.1. The average molecular weight is 176 g/mol. The SMILES string of the molecule is CCCCCPOCC1CO1. The normalized spacial score (nSPS) is 23.2. The number of rotatable bonds is 7. The van der Waals surface area contributed by atoms with Gasteiger partial charge in [-0.05, 0) is 12.6 Å². The third-order valence-corrected chi connectivity index (χ3v) is 2.58. The molecule has 0 bridgehead atoms. The van der Waals surface area contributed by atoms with Gasteiger partial charge in [0.25, 0.3) is 0 Å². The van der Waals surface area contributed by atoms with E-state index < -0.39 is 0 Å². The molecule has 0 spiro atoms. The fourth-order valence-electron chi connectivity index (χ4n) is 0.835. The summed E-state index contributed by atoms with van der Waals surface area (Å²) in [4.78, 5) is 0. The third kappa shape index (κ3) is 5.60. The molecular formula is C8H17O2P. The van der Waals surface area contributed by atoms with E-state index in [0.29, 0.717) is 14.9 Å². The number of hydrogen-bond donors (Lipinski definition) is 0. The minimum atomic E-state index is 0.439. The maximum Gasteiger partial charge on any atom is 0.105 e. The highest BCUT2D eigenvalue weighted by Crippen LogP contribution is 2.18. The van der Waals surface area contributed by atoms with Crippen LogP contribution < -0.4 is 0 Å².